The van der Waals surface area contributed by atoms with Gasteiger partial charge in [-0.05, 0) is 44.2 Å². The zero-order valence-corrected chi connectivity index (χ0v) is 13.1. The molecule has 2 aromatic heterocycles. The Hall–Kier alpha value is -2.07. The summed E-state index contributed by atoms with van der Waals surface area (Å²) in [6.07, 6.45) is 4.02. The summed E-state index contributed by atoms with van der Waals surface area (Å²) in [5.41, 5.74) is 6.56. The van der Waals surface area contributed by atoms with Crippen molar-refractivity contribution in [3.63, 3.8) is 0 Å². The van der Waals surface area contributed by atoms with Gasteiger partial charge in [0.1, 0.15) is 0 Å². The molecule has 4 nitrogen and oxygen atoms in total. The summed E-state index contributed by atoms with van der Waals surface area (Å²) in [5.74, 6) is 0. The van der Waals surface area contributed by atoms with E-state index in [1.54, 1.807) is 0 Å². The van der Waals surface area contributed by atoms with Crippen molar-refractivity contribution < 1.29 is 0 Å². The molecule has 0 atom stereocenters. The van der Waals surface area contributed by atoms with Crippen molar-refractivity contribution >= 4 is 10.9 Å². The van der Waals surface area contributed by atoms with Crippen LogP contribution < -0.4 is 5.32 Å². The van der Waals surface area contributed by atoms with E-state index in [1.807, 2.05) is 25.0 Å². The lowest BCUT2D eigenvalue weighted by Gasteiger charge is -2.07. The molecule has 0 radical (unpaired) electrons. The van der Waals surface area contributed by atoms with Gasteiger partial charge in [-0.3, -0.25) is 4.68 Å². The van der Waals surface area contributed by atoms with E-state index in [2.05, 4.69) is 53.2 Å². The van der Waals surface area contributed by atoms with E-state index in [9.17, 15) is 0 Å². The van der Waals surface area contributed by atoms with Gasteiger partial charge < -0.3 is 9.88 Å². The summed E-state index contributed by atoms with van der Waals surface area (Å²) in [7, 11) is 3.94. The largest absolute Gasteiger partial charge is 0.340 e. The molecule has 0 aliphatic carbocycles. The number of rotatable bonds is 4. The highest BCUT2D eigenvalue weighted by molar-refractivity contribution is 5.86. The molecular weight excluding hydrogens is 260 g/mol. The second kappa shape index (κ2) is 5.37. The van der Waals surface area contributed by atoms with Crippen LogP contribution in [0.15, 0.2) is 30.6 Å². The quantitative estimate of drug-likeness (QED) is 0.798. The Kier molecular flexibility index (Phi) is 3.55. The van der Waals surface area contributed by atoms with E-state index in [0.717, 1.165) is 13.1 Å². The van der Waals surface area contributed by atoms with Crippen LogP contribution in [0.3, 0.4) is 0 Å². The fourth-order valence-corrected chi connectivity index (χ4v) is 2.95. The number of benzene rings is 1. The third kappa shape index (κ3) is 2.47. The second-order valence-electron chi connectivity index (χ2n) is 5.70. The van der Waals surface area contributed by atoms with E-state index in [4.69, 9.17) is 0 Å². The molecule has 2 heterocycles. The average Bonchev–Trinajstić information content (AvgIpc) is 2.97. The molecule has 0 saturated carbocycles. The minimum absolute atomic E-state index is 0.870. The monoisotopic (exact) mass is 282 g/mol. The number of hydrogen-bond acceptors (Lipinski definition) is 2. The van der Waals surface area contributed by atoms with Gasteiger partial charge in [-0.15, -0.1) is 0 Å². The maximum Gasteiger partial charge on any atom is 0.0539 e. The molecule has 0 unspecified atom stereocenters. The molecule has 0 saturated heterocycles. The van der Waals surface area contributed by atoms with Crippen molar-refractivity contribution in [2.75, 3.05) is 7.05 Å². The SMILES string of the molecule is CNCc1ccc2c(c1)c(C)c(C)n2Cc1cnn(C)c1. The molecule has 0 fully saturated rings. The van der Waals surface area contributed by atoms with Gasteiger partial charge in [0, 0.05) is 41.9 Å². The Labute approximate surface area is 125 Å². The Bertz CT molecular complexity index is 780. The van der Waals surface area contributed by atoms with E-state index >= 15 is 0 Å². The van der Waals surface area contributed by atoms with Gasteiger partial charge >= 0.3 is 0 Å². The molecule has 4 heteroatoms. The van der Waals surface area contributed by atoms with Crippen LogP contribution in [0.2, 0.25) is 0 Å². The molecule has 0 bridgehead atoms. The van der Waals surface area contributed by atoms with Gasteiger partial charge in [-0.25, -0.2) is 0 Å². The summed E-state index contributed by atoms with van der Waals surface area (Å²) in [6.45, 7) is 6.18. The van der Waals surface area contributed by atoms with Gasteiger partial charge in [-0.2, -0.15) is 5.10 Å². The van der Waals surface area contributed by atoms with Crippen LogP contribution in [-0.2, 0) is 20.1 Å². The first-order valence-corrected chi connectivity index (χ1v) is 7.30. The molecule has 0 aliphatic rings. The standard InChI is InChI=1S/C17H22N4/c1-12-13(2)21(11-15-9-19-20(4)10-15)17-6-5-14(8-18-3)7-16(12)17/h5-7,9-10,18H,8,11H2,1-4H3. The average molecular weight is 282 g/mol. The highest BCUT2D eigenvalue weighted by atomic mass is 15.2. The van der Waals surface area contributed by atoms with Crippen molar-refractivity contribution in [1.82, 2.24) is 19.7 Å². The smallest absolute Gasteiger partial charge is 0.0539 e. The van der Waals surface area contributed by atoms with Crippen LogP contribution in [0.5, 0.6) is 0 Å². The maximum absolute atomic E-state index is 4.26. The normalized spacial score (nSPS) is 11.4. The first-order valence-electron chi connectivity index (χ1n) is 7.30. The molecule has 1 N–H and O–H groups in total. The Morgan fingerprint density at radius 1 is 1.19 bits per heavy atom. The molecular formula is C17H22N4. The highest BCUT2D eigenvalue weighted by Gasteiger charge is 2.12. The van der Waals surface area contributed by atoms with Crippen molar-refractivity contribution in [1.29, 1.82) is 0 Å². The van der Waals surface area contributed by atoms with Crippen molar-refractivity contribution in [2.45, 2.75) is 26.9 Å². The lowest BCUT2D eigenvalue weighted by atomic mass is 10.1. The van der Waals surface area contributed by atoms with E-state index < -0.39 is 0 Å². The van der Waals surface area contributed by atoms with Crippen molar-refractivity contribution in [2.24, 2.45) is 7.05 Å². The van der Waals surface area contributed by atoms with Crippen LogP contribution in [-0.4, -0.2) is 21.4 Å². The summed E-state index contributed by atoms with van der Waals surface area (Å²) in [4.78, 5) is 0. The van der Waals surface area contributed by atoms with Crippen molar-refractivity contribution in [3.8, 4) is 0 Å². The zero-order chi connectivity index (χ0) is 15.0. The number of nitrogens with zero attached hydrogens (tertiary/aromatic N) is 3. The first-order chi connectivity index (χ1) is 10.1. The second-order valence-corrected chi connectivity index (χ2v) is 5.70. The minimum atomic E-state index is 0.870. The molecule has 3 aromatic rings. The molecule has 0 spiro atoms. The number of nitrogens with one attached hydrogen (secondary N) is 1. The lowest BCUT2D eigenvalue weighted by molar-refractivity contribution is 0.762. The molecule has 0 aliphatic heterocycles. The molecule has 1 aromatic carbocycles. The predicted octanol–water partition coefficient (Wildman–Crippen LogP) is 2.76. The van der Waals surface area contributed by atoms with Crippen LogP contribution >= 0.6 is 0 Å². The predicted molar refractivity (Wildman–Crippen MR) is 86.5 cm³/mol. The number of aryl methyl sites for hydroxylation is 2. The number of hydrogen-bond donors (Lipinski definition) is 1. The molecule has 3 rings (SSSR count). The molecule has 110 valence electrons. The Balaban J connectivity index is 2.07. The van der Waals surface area contributed by atoms with Crippen LogP contribution in [0, 0.1) is 13.8 Å². The van der Waals surface area contributed by atoms with Gasteiger partial charge in [0.25, 0.3) is 0 Å². The third-order valence-electron chi connectivity index (χ3n) is 4.18. The van der Waals surface area contributed by atoms with E-state index in [0.29, 0.717) is 0 Å². The lowest BCUT2D eigenvalue weighted by Crippen LogP contribution is -2.05. The fraction of sp³-hybridized carbons (Fsp3) is 0.353. The third-order valence-corrected chi connectivity index (χ3v) is 4.18. The van der Waals surface area contributed by atoms with Crippen LogP contribution in [0.4, 0.5) is 0 Å². The minimum Gasteiger partial charge on any atom is -0.340 e. The summed E-state index contributed by atoms with van der Waals surface area (Å²) < 4.78 is 4.24. The van der Waals surface area contributed by atoms with E-state index in [1.165, 1.54) is 33.3 Å². The Morgan fingerprint density at radius 2 is 2.00 bits per heavy atom. The topological polar surface area (TPSA) is 34.8 Å². The Morgan fingerprint density at radius 3 is 2.67 bits per heavy atom. The molecule has 21 heavy (non-hydrogen) atoms. The van der Waals surface area contributed by atoms with Crippen molar-refractivity contribution in [3.05, 3.63) is 53.0 Å². The van der Waals surface area contributed by atoms with Gasteiger partial charge in [0.2, 0.25) is 0 Å². The highest BCUT2D eigenvalue weighted by Crippen LogP contribution is 2.27. The summed E-state index contributed by atoms with van der Waals surface area (Å²) in [6, 6.07) is 6.74. The van der Waals surface area contributed by atoms with Gasteiger partial charge in [0.15, 0.2) is 0 Å². The van der Waals surface area contributed by atoms with Gasteiger partial charge in [0.05, 0.1) is 12.7 Å². The zero-order valence-electron chi connectivity index (χ0n) is 13.1. The number of fused-ring (bicyclic) bond motifs is 1. The first kappa shape index (κ1) is 13.9. The van der Waals surface area contributed by atoms with Crippen LogP contribution in [0.1, 0.15) is 22.4 Å². The van der Waals surface area contributed by atoms with Crippen LogP contribution in [0.25, 0.3) is 10.9 Å². The summed E-state index contributed by atoms with van der Waals surface area (Å²) in [5, 5.41) is 8.83. The number of aromatic nitrogens is 3. The van der Waals surface area contributed by atoms with Gasteiger partial charge in [-0.1, -0.05) is 6.07 Å². The maximum atomic E-state index is 4.26. The fourth-order valence-electron chi connectivity index (χ4n) is 2.95. The summed E-state index contributed by atoms with van der Waals surface area (Å²) >= 11 is 0. The molecule has 0 amide bonds. The van der Waals surface area contributed by atoms with E-state index in [-0.39, 0.29) is 0 Å².